The lowest BCUT2D eigenvalue weighted by molar-refractivity contribution is -0.153. The van der Waals surface area contributed by atoms with Crippen LogP contribution in [-0.2, 0) is 4.79 Å². The molecule has 1 amide bonds. The van der Waals surface area contributed by atoms with Gasteiger partial charge in [-0.05, 0) is 35.9 Å². The van der Waals surface area contributed by atoms with Crippen molar-refractivity contribution in [2.45, 2.75) is 6.18 Å². The molecule has 28 heavy (non-hydrogen) atoms. The van der Waals surface area contributed by atoms with Gasteiger partial charge in [0.25, 0.3) is 0 Å². The van der Waals surface area contributed by atoms with Gasteiger partial charge in [-0.2, -0.15) is 13.2 Å². The zero-order valence-corrected chi connectivity index (χ0v) is 15.7. The number of alkyl halides is 3. The average Bonchev–Trinajstić information content (AvgIpc) is 2.64. The Morgan fingerprint density at radius 2 is 1.86 bits per heavy atom. The fourth-order valence-electron chi connectivity index (χ4n) is 2.24. The molecule has 0 aromatic heterocycles. The maximum absolute atomic E-state index is 12.3. The summed E-state index contributed by atoms with van der Waals surface area (Å²) in [7, 11) is 2.90. The van der Waals surface area contributed by atoms with Crippen molar-refractivity contribution in [1.29, 1.82) is 0 Å². The smallest absolute Gasteiger partial charge is 0.422 e. The van der Waals surface area contributed by atoms with Crippen molar-refractivity contribution < 1.29 is 32.2 Å². The molecule has 0 fully saturated rings. The van der Waals surface area contributed by atoms with Gasteiger partial charge in [0.2, 0.25) is 5.91 Å². The Hall–Kier alpha value is -2.87. The van der Waals surface area contributed by atoms with Gasteiger partial charge < -0.3 is 19.5 Å². The minimum Gasteiger partial charge on any atom is -0.493 e. The molecule has 2 aromatic rings. The SMILES string of the molecule is COc1cc(/C=C/C(=O)Nc2ccccc2OCC(F)(F)F)cc(Cl)c1OC. The Labute approximate surface area is 164 Å². The highest BCUT2D eigenvalue weighted by molar-refractivity contribution is 6.32. The lowest BCUT2D eigenvalue weighted by atomic mass is 10.2. The van der Waals surface area contributed by atoms with Crippen LogP contribution in [0.4, 0.5) is 18.9 Å². The van der Waals surface area contributed by atoms with Crippen LogP contribution in [-0.4, -0.2) is 32.9 Å². The second-order valence-electron chi connectivity index (χ2n) is 5.46. The number of anilines is 1. The number of benzene rings is 2. The highest BCUT2D eigenvalue weighted by Gasteiger charge is 2.28. The molecule has 0 aliphatic rings. The molecule has 0 unspecified atom stereocenters. The van der Waals surface area contributed by atoms with E-state index in [0.717, 1.165) is 0 Å². The summed E-state index contributed by atoms with van der Waals surface area (Å²) >= 11 is 6.10. The van der Waals surface area contributed by atoms with Gasteiger partial charge in [-0.15, -0.1) is 0 Å². The molecule has 0 saturated heterocycles. The van der Waals surface area contributed by atoms with E-state index in [-0.39, 0.29) is 11.4 Å². The van der Waals surface area contributed by atoms with Gasteiger partial charge in [-0.25, -0.2) is 0 Å². The van der Waals surface area contributed by atoms with E-state index in [1.807, 2.05) is 0 Å². The summed E-state index contributed by atoms with van der Waals surface area (Å²) in [4.78, 5) is 12.1. The molecule has 0 bridgehead atoms. The summed E-state index contributed by atoms with van der Waals surface area (Å²) in [6, 6.07) is 9.03. The zero-order chi connectivity index (χ0) is 20.7. The number of para-hydroxylation sites is 2. The van der Waals surface area contributed by atoms with E-state index in [4.69, 9.17) is 25.8 Å². The van der Waals surface area contributed by atoms with Crippen molar-refractivity contribution in [3.8, 4) is 17.2 Å². The fraction of sp³-hybridized carbons (Fsp3) is 0.211. The van der Waals surface area contributed by atoms with Crippen molar-refractivity contribution in [3.05, 3.63) is 53.1 Å². The number of nitrogens with one attached hydrogen (secondary N) is 1. The zero-order valence-electron chi connectivity index (χ0n) is 15.0. The molecule has 0 atom stereocenters. The van der Waals surface area contributed by atoms with Crippen LogP contribution >= 0.6 is 11.6 Å². The molecule has 0 aliphatic heterocycles. The molecule has 0 spiro atoms. The minimum atomic E-state index is -4.48. The van der Waals surface area contributed by atoms with Crippen molar-refractivity contribution in [2.24, 2.45) is 0 Å². The third-order valence-electron chi connectivity index (χ3n) is 3.42. The highest BCUT2D eigenvalue weighted by Crippen LogP contribution is 2.36. The molecule has 9 heteroatoms. The minimum absolute atomic E-state index is 0.0873. The normalized spacial score (nSPS) is 11.4. The third-order valence-corrected chi connectivity index (χ3v) is 3.70. The van der Waals surface area contributed by atoms with Gasteiger partial charge >= 0.3 is 6.18 Å². The molecular weight excluding hydrogens is 399 g/mol. The number of carbonyl (C=O) groups is 1. The van der Waals surface area contributed by atoms with Crippen LogP contribution in [0.5, 0.6) is 17.2 Å². The Morgan fingerprint density at radius 3 is 2.50 bits per heavy atom. The van der Waals surface area contributed by atoms with E-state index in [1.54, 1.807) is 18.2 Å². The molecule has 2 aromatic carbocycles. The van der Waals surface area contributed by atoms with E-state index in [0.29, 0.717) is 22.1 Å². The Morgan fingerprint density at radius 1 is 1.14 bits per heavy atom. The summed E-state index contributed by atoms with van der Waals surface area (Å²) in [5.41, 5.74) is 0.686. The van der Waals surface area contributed by atoms with Gasteiger partial charge in [0, 0.05) is 6.08 Å². The van der Waals surface area contributed by atoms with Crippen molar-refractivity contribution in [3.63, 3.8) is 0 Å². The van der Waals surface area contributed by atoms with Crippen molar-refractivity contribution >= 4 is 29.3 Å². The Kier molecular flexibility index (Phi) is 7.17. The summed E-state index contributed by atoms with van der Waals surface area (Å²) < 4.78 is 52.1. The van der Waals surface area contributed by atoms with Crippen LogP contribution < -0.4 is 19.5 Å². The first-order chi connectivity index (χ1) is 13.2. The Balaban J connectivity index is 2.12. The number of hydrogen-bond donors (Lipinski definition) is 1. The fourth-order valence-corrected chi connectivity index (χ4v) is 2.53. The lowest BCUT2D eigenvalue weighted by Crippen LogP contribution is -2.20. The molecule has 5 nitrogen and oxygen atoms in total. The maximum atomic E-state index is 12.3. The second kappa shape index (κ2) is 9.36. The molecular formula is C19H17ClF3NO4. The standard InChI is InChI=1S/C19H17ClF3NO4/c1-26-16-10-12(9-13(20)18(16)27-2)7-8-17(25)24-14-5-3-4-6-15(14)28-11-19(21,22)23/h3-10H,11H2,1-2H3,(H,24,25)/b8-7+. The number of carbonyl (C=O) groups excluding carboxylic acids is 1. The number of rotatable bonds is 7. The number of hydrogen-bond acceptors (Lipinski definition) is 4. The van der Waals surface area contributed by atoms with Crippen LogP contribution in [0, 0.1) is 0 Å². The first kappa shape index (κ1) is 21.4. The maximum Gasteiger partial charge on any atom is 0.422 e. The van der Waals surface area contributed by atoms with Crippen LogP contribution in [0.2, 0.25) is 5.02 Å². The number of halogens is 4. The first-order valence-electron chi connectivity index (χ1n) is 7.92. The van der Waals surface area contributed by atoms with Gasteiger partial charge in [0.15, 0.2) is 18.1 Å². The molecule has 2 rings (SSSR count). The van der Waals surface area contributed by atoms with E-state index < -0.39 is 18.7 Å². The lowest BCUT2D eigenvalue weighted by Gasteiger charge is -2.13. The summed E-state index contributed by atoms with van der Waals surface area (Å²) in [6.45, 7) is -1.46. The third kappa shape index (κ3) is 6.09. The van der Waals surface area contributed by atoms with E-state index in [1.165, 1.54) is 44.6 Å². The van der Waals surface area contributed by atoms with Crippen LogP contribution in [0.25, 0.3) is 6.08 Å². The summed E-state index contributed by atoms with van der Waals surface area (Å²) in [5.74, 6) is 0.104. The Bertz CT molecular complexity index is 869. The number of amides is 1. The van der Waals surface area contributed by atoms with Crippen LogP contribution in [0.3, 0.4) is 0 Å². The van der Waals surface area contributed by atoms with Gasteiger partial charge in [0.05, 0.1) is 24.9 Å². The summed E-state index contributed by atoms with van der Waals surface area (Å²) in [5, 5.41) is 2.77. The largest absolute Gasteiger partial charge is 0.493 e. The monoisotopic (exact) mass is 415 g/mol. The van der Waals surface area contributed by atoms with Gasteiger partial charge in [-0.3, -0.25) is 4.79 Å². The van der Waals surface area contributed by atoms with Gasteiger partial charge in [0.1, 0.15) is 5.75 Å². The highest BCUT2D eigenvalue weighted by atomic mass is 35.5. The van der Waals surface area contributed by atoms with Crippen LogP contribution in [0.15, 0.2) is 42.5 Å². The predicted octanol–water partition coefficient (Wildman–Crippen LogP) is 4.95. The van der Waals surface area contributed by atoms with Gasteiger partial charge in [-0.1, -0.05) is 23.7 Å². The van der Waals surface area contributed by atoms with Crippen molar-refractivity contribution in [2.75, 3.05) is 26.1 Å². The van der Waals surface area contributed by atoms with Crippen molar-refractivity contribution in [1.82, 2.24) is 0 Å². The topological polar surface area (TPSA) is 56.8 Å². The number of ether oxygens (including phenoxy) is 3. The number of methoxy groups -OCH3 is 2. The molecule has 0 radical (unpaired) electrons. The van der Waals surface area contributed by atoms with E-state index >= 15 is 0 Å². The first-order valence-corrected chi connectivity index (χ1v) is 8.30. The molecule has 1 N–H and O–H groups in total. The molecule has 0 heterocycles. The quantitative estimate of drug-likeness (QED) is 0.650. The molecule has 150 valence electrons. The van der Waals surface area contributed by atoms with E-state index in [2.05, 4.69) is 5.32 Å². The molecule has 0 aliphatic carbocycles. The predicted molar refractivity (Wildman–Crippen MR) is 100 cm³/mol. The second-order valence-corrected chi connectivity index (χ2v) is 5.87. The van der Waals surface area contributed by atoms with E-state index in [9.17, 15) is 18.0 Å². The van der Waals surface area contributed by atoms with Crippen LogP contribution in [0.1, 0.15) is 5.56 Å². The summed E-state index contributed by atoms with van der Waals surface area (Å²) in [6.07, 6.45) is -1.80. The molecule has 0 saturated carbocycles. The average molecular weight is 416 g/mol.